The zero-order valence-corrected chi connectivity index (χ0v) is 13.1. The number of aromatic nitrogens is 2. The minimum absolute atomic E-state index is 0.0699. The summed E-state index contributed by atoms with van der Waals surface area (Å²) in [5.74, 6) is 1.58. The molecule has 22 heavy (non-hydrogen) atoms. The Morgan fingerprint density at radius 1 is 1.45 bits per heavy atom. The highest BCUT2D eigenvalue weighted by atomic mass is 16.5. The molecule has 1 aliphatic heterocycles. The van der Waals surface area contributed by atoms with Crippen molar-refractivity contribution in [2.24, 2.45) is 0 Å². The van der Waals surface area contributed by atoms with Crippen LogP contribution in [0.2, 0.25) is 0 Å². The van der Waals surface area contributed by atoms with Gasteiger partial charge in [-0.15, -0.1) is 0 Å². The Bertz CT molecular complexity index is 661. The summed E-state index contributed by atoms with van der Waals surface area (Å²) in [5.41, 5.74) is 0.861. The van der Waals surface area contributed by atoms with Crippen molar-refractivity contribution in [2.45, 2.75) is 25.7 Å². The zero-order valence-electron chi connectivity index (χ0n) is 13.1. The Balaban J connectivity index is 1.73. The van der Waals surface area contributed by atoms with Gasteiger partial charge in [0.15, 0.2) is 5.76 Å². The lowest BCUT2D eigenvalue weighted by molar-refractivity contribution is 0.0662. The summed E-state index contributed by atoms with van der Waals surface area (Å²) in [6.07, 6.45) is 3.40. The molecule has 0 aromatic carbocycles. The maximum absolute atomic E-state index is 12.5. The molecule has 0 radical (unpaired) electrons. The van der Waals surface area contributed by atoms with E-state index in [9.17, 15) is 4.79 Å². The largest absolute Gasteiger partial charge is 0.459 e. The Morgan fingerprint density at radius 3 is 2.91 bits per heavy atom. The minimum Gasteiger partial charge on any atom is -0.459 e. The molecule has 3 rings (SSSR count). The Kier molecular flexibility index (Phi) is 3.87. The van der Waals surface area contributed by atoms with E-state index < -0.39 is 0 Å². The van der Waals surface area contributed by atoms with Crippen LogP contribution in [0.25, 0.3) is 0 Å². The second-order valence-corrected chi connectivity index (χ2v) is 5.85. The summed E-state index contributed by atoms with van der Waals surface area (Å²) in [5, 5.41) is 3.94. The van der Waals surface area contributed by atoms with Crippen LogP contribution < -0.4 is 4.90 Å². The van der Waals surface area contributed by atoms with Crippen LogP contribution in [0.15, 0.2) is 21.3 Å². The summed E-state index contributed by atoms with van der Waals surface area (Å²) in [7, 11) is 3.73. The molecule has 0 bridgehead atoms. The van der Waals surface area contributed by atoms with E-state index in [1.165, 1.54) is 0 Å². The van der Waals surface area contributed by atoms with E-state index >= 15 is 0 Å². The smallest absolute Gasteiger partial charge is 0.289 e. The number of piperidine rings is 1. The Hall–Kier alpha value is -2.31. The summed E-state index contributed by atoms with van der Waals surface area (Å²) in [6.45, 7) is 3.18. The van der Waals surface area contributed by atoms with Crippen LogP contribution in [0.5, 0.6) is 0 Å². The van der Waals surface area contributed by atoms with Gasteiger partial charge in [-0.2, -0.15) is 4.98 Å². The van der Waals surface area contributed by atoms with Crippen LogP contribution in [0.3, 0.4) is 0 Å². The van der Waals surface area contributed by atoms with Gasteiger partial charge in [-0.25, -0.2) is 0 Å². The number of amides is 1. The molecule has 1 atom stereocenters. The fourth-order valence-electron chi connectivity index (χ4n) is 2.67. The third-order valence-electron chi connectivity index (χ3n) is 3.95. The molecule has 1 fully saturated rings. The number of carbonyl (C=O) groups excluding carboxylic acids is 1. The maximum atomic E-state index is 12.5. The van der Waals surface area contributed by atoms with Gasteiger partial charge in [0, 0.05) is 32.7 Å². The van der Waals surface area contributed by atoms with E-state index in [2.05, 4.69) is 10.1 Å². The van der Waals surface area contributed by atoms with Gasteiger partial charge >= 0.3 is 0 Å². The molecule has 7 heteroatoms. The number of likely N-dealkylation sites (tertiary alicyclic amines) is 1. The number of nitrogens with zero attached hydrogens (tertiary/aromatic N) is 4. The van der Waals surface area contributed by atoms with E-state index in [0.717, 1.165) is 24.9 Å². The first-order valence-corrected chi connectivity index (χ1v) is 7.40. The monoisotopic (exact) mass is 304 g/mol. The van der Waals surface area contributed by atoms with Crippen molar-refractivity contribution in [2.75, 3.05) is 32.1 Å². The lowest BCUT2D eigenvalue weighted by Gasteiger charge is -2.30. The van der Waals surface area contributed by atoms with Gasteiger partial charge in [-0.1, -0.05) is 0 Å². The maximum Gasteiger partial charge on any atom is 0.289 e. The highest BCUT2D eigenvalue weighted by Crippen LogP contribution is 2.28. The number of hydrogen-bond acceptors (Lipinski definition) is 6. The zero-order chi connectivity index (χ0) is 15.7. The molecule has 7 nitrogen and oxygen atoms in total. The second-order valence-electron chi connectivity index (χ2n) is 5.85. The fraction of sp³-hybridized carbons (Fsp3) is 0.533. The topological polar surface area (TPSA) is 75.6 Å². The molecule has 2 aromatic rings. The van der Waals surface area contributed by atoms with Gasteiger partial charge in [0.25, 0.3) is 11.9 Å². The highest BCUT2D eigenvalue weighted by Gasteiger charge is 2.30. The molecular formula is C15H20N4O3. The molecular weight excluding hydrogens is 284 g/mol. The molecule has 0 spiro atoms. The fourth-order valence-corrected chi connectivity index (χ4v) is 2.67. The lowest BCUT2D eigenvalue weighted by Crippen LogP contribution is -2.39. The number of furan rings is 1. The highest BCUT2D eigenvalue weighted by molar-refractivity contribution is 5.92. The lowest BCUT2D eigenvalue weighted by atomic mass is 9.97. The molecule has 0 saturated carbocycles. The van der Waals surface area contributed by atoms with Crippen molar-refractivity contribution >= 4 is 11.9 Å². The average Bonchev–Trinajstić information content (AvgIpc) is 3.15. The third kappa shape index (κ3) is 2.70. The van der Waals surface area contributed by atoms with Crippen LogP contribution in [-0.4, -0.2) is 48.1 Å². The van der Waals surface area contributed by atoms with Crippen molar-refractivity contribution in [3.63, 3.8) is 0 Å². The molecule has 3 heterocycles. The summed E-state index contributed by atoms with van der Waals surface area (Å²) < 4.78 is 10.7. The van der Waals surface area contributed by atoms with Gasteiger partial charge in [0.2, 0.25) is 5.89 Å². The number of hydrogen-bond donors (Lipinski definition) is 0. The average molecular weight is 304 g/mol. The van der Waals surface area contributed by atoms with E-state index in [-0.39, 0.29) is 11.8 Å². The third-order valence-corrected chi connectivity index (χ3v) is 3.95. The molecule has 1 aliphatic rings. The normalized spacial score (nSPS) is 18.5. The van der Waals surface area contributed by atoms with Crippen LogP contribution in [0, 0.1) is 6.92 Å². The molecule has 0 N–H and O–H groups in total. The number of aryl methyl sites for hydroxylation is 1. The molecule has 2 aromatic heterocycles. The van der Waals surface area contributed by atoms with Gasteiger partial charge < -0.3 is 18.7 Å². The van der Waals surface area contributed by atoms with Gasteiger partial charge in [0.1, 0.15) is 0 Å². The van der Waals surface area contributed by atoms with Crippen molar-refractivity contribution in [1.29, 1.82) is 0 Å². The number of rotatable bonds is 3. The predicted octanol–water partition coefficient (Wildman–Crippen LogP) is 2.06. The number of carbonyl (C=O) groups is 1. The first-order valence-electron chi connectivity index (χ1n) is 7.40. The van der Waals surface area contributed by atoms with Gasteiger partial charge in [-0.05, 0) is 31.0 Å². The molecule has 1 unspecified atom stereocenters. The first-order chi connectivity index (χ1) is 10.6. The minimum atomic E-state index is -0.0699. The van der Waals surface area contributed by atoms with Crippen molar-refractivity contribution < 1.29 is 13.7 Å². The van der Waals surface area contributed by atoms with E-state index in [0.29, 0.717) is 24.1 Å². The summed E-state index contributed by atoms with van der Waals surface area (Å²) in [4.78, 5) is 20.5. The van der Waals surface area contributed by atoms with Crippen LogP contribution in [-0.2, 0) is 0 Å². The van der Waals surface area contributed by atoms with Crippen LogP contribution in [0.1, 0.15) is 40.8 Å². The van der Waals surface area contributed by atoms with Crippen LogP contribution in [0.4, 0.5) is 5.95 Å². The van der Waals surface area contributed by atoms with Crippen molar-refractivity contribution in [3.05, 3.63) is 29.5 Å². The summed E-state index contributed by atoms with van der Waals surface area (Å²) in [6, 6.07) is 1.80. The SMILES string of the molecule is Cc1ccoc1C(=O)N1CCCC(c2nc(N(C)C)no2)C1. The molecule has 1 amide bonds. The predicted molar refractivity (Wildman–Crippen MR) is 79.9 cm³/mol. The van der Waals surface area contributed by atoms with Gasteiger partial charge in [0.05, 0.1) is 12.2 Å². The van der Waals surface area contributed by atoms with Gasteiger partial charge in [-0.3, -0.25) is 4.79 Å². The van der Waals surface area contributed by atoms with E-state index in [1.54, 1.807) is 22.1 Å². The first kappa shape index (κ1) is 14.6. The van der Waals surface area contributed by atoms with E-state index in [1.807, 2.05) is 21.0 Å². The second kappa shape index (κ2) is 5.82. The van der Waals surface area contributed by atoms with Crippen molar-refractivity contribution in [3.8, 4) is 0 Å². The molecule has 1 saturated heterocycles. The quantitative estimate of drug-likeness (QED) is 0.864. The van der Waals surface area contributed by atoms with E-state index in [4.69, 9.17) is 8.94 Å². The number of anilines is 1. The Morgan fingerprint density at radius 2 is 2.27 bits per heavy atom. The van der Waals surface area contributed by atoms with Crippen LogP contribution >= 0.6 is 0 Å². The molecule has 0 aliphatic carbocycles. The summed E-state index contributed by atoms with van der Waals surface area (Å²) >= 11 is 0. The van der Waals surface area contributed by atoms with Crippen molar-refractivity contribution in [1.82, 2.24) is 15.0 Å². The Labute approximate surface area is 128 Å². The standard InChI is InChI=1S/C15H20N4O3/c1-10-6-8-21-12(10)14(20)19-7-4-5-11(9-19)13-16-15(17-22-13)18(2)3/h6,8,11H,4-5,7,9H2,1-3H3. The molecule has 118 valence electrons.